The fraction of sp³-hybridized carbons (Fsp3) is 0.389. The maximum absolute atomic E-state index is 4.68. The van der Waals surface area contributed by atoms with Crippen molar-refractivity contribution in [1.82, 2.24) is 15.0 Å². The molecule has 118 valence electrons. The molecule has 3 heterocycles. The zero-order valence-corrected chi connectivity index (χ0v) is 14.3. The fourth-order valence-corrected chi connectivity index (χ4v) is 4.69. The molecule has 0 spiro atoms. The van der Waals surface area contributed by atoms with Crippen LogP contribution in [-0.4, -0.2) is 15.0 Å². The van der Waals surface area contributed by atoms with Crippen molar-refractivity contribution in [1.29, 1.82) is 0 Å². The number of rotatable bonds is 3. The van der Waals surface area contributed by atoms with E-state index in [1.807, 2.05) is 30.5 Å². The van der Waals surface area contributed by atoms with Gasteiger partial charge in [0.2, 0.25) is 0 Å². The molecule has 0 saturated heterocycles. The fourth-order valence-electron chi connectivity index (χ4n) is 3.27. The predicted octanol–water partition coefficient (Wildman–Crippen LogP) is 4.13. The number of nitrogens with zero attached hydrogens (tertiary/aromatic N) is 3. The van der Waals surface area contributed by atoms with E-state index in [0.717, 1.165) is 40.9 Å². The third-order valence-electron chi connectivity index (χ3n) is 4.45. The summed E-state index contributed by atoms with van der Waals surface area (Å²) in [7, 11) is 0. The Kier molecular flexibility index (Phi) is 3.73. The largest absolute Gasteiger partial charge is 0.365 e. The van der Waals surface area contributed by atoms with Crippen molar-refractivity contribution in [2.45, 2.75) is 39.7 Å². The van der Waals surface area contributed by atoms with Crippen molar-refractivity contribution in [2.24, 2.45) is 5.92 Å². The van der Waals surface area contributed by atoms with E-state index in [-0.39, 0.29) is 0 Å². The van der Waals surface area contributed by atoms with Gasteiger partial charge in [0, 0.05) is 23.8 Å². The molecule has 4 rings (SSSR count). The lowest BCUT2D eigenvalue weighted by atomic mass is 9.89. The smallest absolute Gasteiger partial charge is 0.139 e. The van der Waals surface area contributed by atoms with E-state index in [4.69, 9.17) is 0 Å². The second-order valence-electron chi connectivity index (χ2n) is 6.37. The van der Waals surface area contributed by atoms with Crippen LogP contribution in [0, 0.1) is 12.8 Å². The number of hydrogen-bond donors (Lipinski definition) is 1. The first-order valence-electron chi connectivity index (χ1n) is 8.12. The maximum Gasteiger partial charge on any atom is 0.139 e. The van der Waals surface area contributed by atoms with Gasteiger partial charge < -0.3 is 5.32 Å². The molecule has 1 atom stereocenters. The van der Waals surface area contributed by atoms with Gasteiger partial charge in [-0.3, -0.25) is 4.98 Å². The lowest BCUT2D eigenvalue weighted by Gasteiger charge is -2.18. The summed E-state index contributed by atoms with van der Waals surface area (Å²) < 4.78 is 0. The van der Waals surface area contributed by atoms with Crippen molar-refractivity contribution in [3.63, 3.8) is 0 Å². The number of fused-ring (bicyclic) bond motifs is 3. The highest BCUT2D eigenvalue weighted by Crippen LogP contribution is 2.40. The molecule has 23 heavy (non-hydrogen) atoms. The number of nitrogens with one attached hydrogen (secondary N) is 1. The minimum atomic E-state index is 0.737. The number of aromatic nitrogens is 3. The minimum Gasteiger partial charge on any atom is -0.365 e. The average molecular weight is 324 g/mol. The van der Waals surface area contributed by atoms with Gasteiger partial charge in [-0.1, -0.05) is 13.0 Å². The Morgan fingerprint density at radius 2 is 2.26 bits per heavy atom. The number of anilines is 1. The molecule has 1 aliphatic carbocycles. The van der Waals surface area contributed by atoms with E-state index < -0.39 is 0 Å². The molecule has 1 N–H and O–H groups in total. The summed E-state index contributed by atoms with van der Waals surface area (Å²) in [6, 6.07) is 4.04. The van der Waals surface area contributed by atoms with Crippen LogP contribution in [0.3, 0.4) is 0 Å². The van der Waals surface area contributed by atoms with Gasteiger partial charge in [-0.15, -0.1) is 11.3 Å². The molecule has 0 unspecified atom stereocenters. The molecule has 0 amide bonds. The van der Waals surface area contributed by atoms with E-state index in [1.54, 1.807) is 6.20 Å². The summed E-state index contributed by atoms with van der Waals surface area (Å²) in [5, 5.41) is 4.75. The molecular weight excluding hydrogens is 304 g/mol. The first-order valence-corrected chi connectivity index (χ1v) is 8.94. The summed E-state index contributed by atoms with van der Waals surface area (Å²) >= 11 is 1.85. The normalized spacial score (nSPS) is 17.2. The Morgan fingerprint density at radius 1 is 1.35 bits per heavy atom. The van der Waals surface area contributed by atoms with Gasteiger partial charge in [0.1, 0.15) is 16.5 Å². The Hall–Kier alpha value is -2.01. The molecule has 0 saturated carbocycles. The van der Waals surface area contributed by atoms with E-state index in [0.29, 0.717) is 0 Å². The quantitative estimate of drug-likeness (QED) is 0.787. The topological polar surface area (TPSA) is 50.7 Å². The number of thiophene rings is 1. The Balaban J connectivity index is 1.73. The van der Waals surface area contributed by atoms with Gasteiger partial charge in [-0.2, -0.15) is 0 Å². The van der Waals surface area contributed by atoms with Crippen LogP contribution >= 0.6 is 11.3 Å². The van der Waals surface area contributed by atoms with E-state index >= 15 is 0 Å². The molecule has 4 nitrogen and oxygen atoms in total. The number of hydrogen-bond acceptors (Lipinski definition) is 5. The summed E-state index contributed by atoms with van der Waals surface area (Å²) in [5.74, 6) is 2.58. The van der Waals surface area contributed by atoms with Gasteiger partial charge >= 0.3 is 0 Å². The standard InChI is InChI=1S/C18H20N4S/c1-11-5-6-14-15(8-11)23-18-16(14)17(21-12(2)22-18)20-10-13-4-3-7-19-9-13/h3-4,7,9,11H,5-6,8,10H2,1-2H3,(H,20,21,22)/t11-/m0/s1. The number of pyridine rings is 1. The van der Waals surface area contributed by atoms with Crippen LogP contribution in [0.5, 0.6) is 0 Å². The van der Waals surface area contributed by atoms with Crippen molar-refractivity contribution >= 4 is 27.4 Å². The maximum atomic E-state index is 4.68. The Bertz CT molecular complexity index is 841. The highest BCUT2D eigenvalue weighted by Gasteiger charge is 2.23. The van der Waals surface area contributed by atoms with Crippen LogP contribution in [0.2, 0.25) is 0 Å². The summed E-state index contributed by atoms with van der Waals surface area (Å²) in [5.41, 5.74) is 2.63. The molecular formula is C18H20N4S. The van der Waals surface area contributed by atoms with Crippen molar-refractivity contribution in [3.05, 3.63) is 46.4 Å². The zero-order chi connectivity index (χ0) is 15.8. The van der Waals surface area contributed by atoms with Crippen LogP contribution in [-0.2, 0) is 19.4 Å². The monoisotopic (exact) mass is 324 g/mol. The lowest BCUT2D eigenvalue weighted by molar-refractivity contribution is 0.509. The minimum absolute atomic E-state index is 0.737. The highest BCUT2D eigenvalue weighted by atomic mass is 32.1. The first kappa shape index (κ1) is 14.6. The molecule has 0 aliphatic heterocycles. The summed E-state index contributed by atoms with van der Waals surface area (Å²) in [6.07, 6.45) is 7.27. The third kappa shape index (κ3) is 2.81. The van der Waals surface area contributed by atoms with Crippen LogP contribution in [0.15, 0.2) is 24.5 Å². The predicted molar refractivity (Wildman–Crippen MR) is 94.9 cm³/mol. The van der Waals surface area contributed by atoms with E-state index in [2.05, 4.69) is 33.3 Å². The highest BCUT2D eigenvalue weighted by molar-refractivity contribution is 7.19. The van der Waals surface area contributed by atoms with Crippen LogP contribution in [0.4, 0.5) is 5.82 Å². The summed E-state index contributed by atoms with van der Waals surface area (Å²) in [4.78, 5) is 16.2. The van der Waals surface area contributed by atoms with Crippen molar-refractivity contribution in [2.75, 3.05) is 5.32 Å². The second kappa shape index (κ2) is 5.89. The molecule has 0 aromatic carbocycles. The van der Waals surface area contributed by atoms with E-state index in [1.165, 1.54) is 28.7 Å². The van der Waals surface area contributed by atoms with Crippen LogP contribution in [0.25, 0.3) is 10.2 Å². The lowest BCUT2D eigenvalue weighted by Crippen LogP contribution is -2.10. The second-order valence-corrected chi connectivity index (χ2v) is 7.45. The van der Waals surface area contributed by atoms with Crippen LogP contribution in [0.1, 0.15) is 35.2 Å². The first-order chi connectivity index (χ1) is 11.2. The van der Waals surface area contributed by atoms with E-state index in [9.17, 15) is 0 Å². The molecule has 3 aromatic heterocycles. The average Bonchev–Trinajstić information content (AvgIpc) is 2.90. The van der Waals surface area contributed by atoms with Crippen molar-refractivity contribution in [3.8, 4) is 0 Å². The molecule has 0 bridgehead atoms. The third-order valence-corrected chi connectivity index (χ3v) is 5.60. The molecule has 5 heteroatoms. The van der Waals surface area contributed by atoms with Gasteiger partial charge in [-0.05, 0) is 49.3 Å². The summed E-state index contributed by atoms with van der Waals surface area (Å²) in [6.45, 7) is 5.04. The Labute approximate surface area is 140 Å². The molecule has 0 fully saturated rings. The van der Waals surface area contributed by atoms with Crippen LogP contribution < -0.4 is 5.32 Å². The van der Waals surface area contributed by atoms with Gasteiger partial charge in [0.25, 0.3) is 0 Å². The SMILES string of the molecule is Cc1nc(NCc2cccnc2)c2c3c(sc2n1)C[C@@H](C)CC3. The molecule has 0 radical (unpaired) electrons. The van der Waals surface area contributed by atoms with Gasteiger partial charge in [0.15, 0.2) is 0 Å². The Morgan fingerprint density at radius 3 is 3.09 bits per heavy atom. The number of aryl methyl sites for hydroxylation is 2. The van der Waals surface area contributed by atoms with Gasteiger partial charge in [0.05, 0.1) is 5.39 Å². The molecule has 3 aromatic rings. The van der Waals surface area contributed by atoms with Gasteiger partial charge in [-0.25, -0.2) is 9.97 Å². The molecule has 1 aliphatic rings. The van der Waals surface area contributed by atoms with Crippen molar-refractivity contribution < 1.29 is 0 Å². The zero-order valence-electron chi connectivity index (χ0n) is 13.5.